The van der Waals surface area contributed by atoms with E-state index in [4.69, 9.17) is 9.52 Å². The Kier molecular flexibility index (Phi) is 3.33. The first kappa shape index (κ1) is 13.2. The molecule has 0 aliphatic carbocycles. The summed E-state index contributed by atoms with van der Waals surface area (Å²) in [5.41, 5.74) is -0.304. The fraction of sp³-hybridized carbons (Fsp3) is 0.231. The van der Waals surface area contributed by atoms with Crippen molar-refractivity contribution in [1.82, 2.24) is 4.98 Å². The maximum atomic E-state index is 13.6. The molecule has 0 saturated carbocycles. The molecule has 0 unspecified atom stereocenters. The predicted molar refractivity (Wildman–Crippen MR) is 62.9 cm³/mol. The average Bonchev–Trinajstić information content (AvgIpc) is 2.73. The van der Waals surface area contributed by atoms with Crippen LogP contribution in [-0.2, 0) is 0 Å². The first-order valence-corrected chi connectivity index (χ1v) is 5.60. The summed E-state index contributed by atoms with van der Waals surface area (Å²) in [5, 5.41) is 8.99. The van der Waals surface area contributed by atoms with E-state index in [-0.39, 0.29) is 17.5 Å². The van der Waals surface area contributed by atoms with Gasteiger partial charge in [0.05, 0.1) is 5.69 Å². The lowest BCUT2D eigenvalue weighted by atomic mass is 10.1. The van der Waals surface area contributed by atoms with Crippen LogP contribution < -0.4 is 0 Å². The van der Waals surface area contributed by atoms with Crippen LogP contribution >= 0.6 is 0 Å². The Bertz CT molecular complexity index is 615. The summed E-state index contributed by atoms with van der Waals surface area (Å²) >= 11 is 0. The molecule has 0 radical (unpaired) electrons. The normalized spacial score (nSPS) is 11.0. The van der Waals surface area contributed by atoms with E-state index in [0.717, 1.165) is 12.1 Å². The highest BCUT2D eigenvalue weighted by atomic mass is 19.1. The van der Waals surface area contributed by atoms with Crippen LogP contribution in [0.1, 0.15) is 36.0 Å². The Labute approximate surface area is 107 Å². The van der Waals surface area contributed by atoms with Crippen molar-refractivity contribution in [2.75, 3.05) is 0 Å². The number of hydrogen-bond donors (Lipinski definition) is 1. The van der Waals surface area contributed by atoms with Gasteiger partial charge in [-0.2, -0.15) is 0 Å². The van der Waals surface area contributed by atoms with Gasteiger partial charge in [-0.15, -0.1) is 0 Å². The predicted octanol–water partition coefficient (Wildman–Crippen LogP) is 3.44. The van der Waals surface area contributed by atoms with E-state index in [1.165, 1.54) is 6.07 Å². The number of hydrogen-bond acceptors (Lipinski definition) is 3. The molecule has 6 heteroatoms. The first-order chi connectivity index (χ1) is 8.91. The lowest BCUT2D eigenvalue weighted by molar-refractivity contribution is 0.0661. The summed E-state index contributed by atoms with van der Waals surface area (Å²) in [4.78, 5) is 14.9. The fourth-order valence-electron chi connectivity index (χ4n) is 1.69. The number of carboxylic acids is 1. The summed E-state index contributed by atoms with van der Waals surface area (Å²) in [7, 11) is 0. The van der Waals surface area contributed by atoms with Crippen molar-refractivity contribution in [2.24, 2.45) is 0 Å². The molecule has 0 aliphatic heterocycles. The van der Waals surface area contributed by atoms with Crippen molar-refractivity contribution in [1.29, 1.82) is 0 Å². The first-order valence-electron chi connectivity index (χ1n) is 5.60. The van der Waals surface area contributed by atoms with Crippen LogP contribution in [0.4, 0.5) is 8.78 Å². The third kappa shape index (κ3) is 2.33. The summed E-state index contributed by atoms with van der Waals surface area (Å²) in [5.74, 6) is -4.02. The number of carboxylic acid groups (broad SMARTS) is 1. The maximum Gasteiger partial charge on any atom is 0.373 e. The molecular weight excluding hydrogens is 256 g/mol. The summed E-state index contributed by atoms with van der Waals surface area (Å²) in [6.45, 7) is 3.43. The van der Waals surface area contributed by atoms with Crippen molar-refractivity contribution in [3.05, 3.63) is 41.3 Å². The van der Waals surface area contributed by atoms with E-state index in [2.05, 4.69) is 4.98 Å². The van der Waals surface area contributed by atoms with Gasteiger partial charge in [-0.05, 0) is 18.1 Å². The highest BCUT2D eigenvalue weighted by Crippen LogP contribution is 2.29. The molecule has 2 rings (SSSR count). The second kappa shape index (κ2) is 4.79. The van der Waals surface area contributed by atoms with Gasteiger partial charge < -0.3 is 9.52 Å². The number of carbonyl (C=O) groups is 1. The minimum atomic E-state index is -1.32. The molecule has 100 valence electrons. The number of nitrogens with zero attached hydrogens (tertiary/aromatic N) is 1. The van der Waals surface area contributed by atoms with Gasteiger partial charge in [0, 0.05) is 0 Å². The Morgan fingerprint density at radius 3 is 2.32 bits per heavy atom. The number of rotatable bonds is 3. The third-order valence-corrected chi connectivity index (χ3v) is 2.57. The molecule has 0 saturated heterocycles. The second-order valence-electron chi connectivity index (χ2n) is 4.29. The molecule has 0 atom stereocenters. The number of halogens is 2. The lowest BCUT2D eigenvalue weighted by Crippen LogP contribution is -2.01. The van der Waals surface area contributed by atoms with Gasteiger partial charge in [0.15, 0.2) is 0 Å². The van der Waals surface area contributed by atoms with Crippen molar-refractivity contribution in [2.45, 2.75) is 19.8 Å². The van der Waals surface area contributed by atoms with Gasteiger partial charge in [-0.3, -0.25) is 0 Å². The van der Waals surface area contributed by atoms with Crippen LogP contribution in [0.5, 0.6) is 0 Å². The van der Waals surface area contributed by atoms with Crippen LogP contribution in [0.3, 0.4) is 0 Å². The van der Waals surface area contributed by atoms with Gasteiger partial charge in [-0.25, -0.2) is 18.6 Å². The van der Waals surface area contributed by atoms with E-state index < -0.39 is 28.9 Å². The number of aromatic nitrogens is 1. The highest BCUT2D eigenvalue weighted by Gasteiger charge is 2.25. The van der Waals surface area contributed by atoms with Gasteiger partial charge in [0.25, 0.3) is 0 Å². The van der Waals surface area contributed by atoms with Gasteiger partial charge in [-0.1, -0.05) is 19.9 Å². The summed E-state index contributed by atoms with van der Waals surface area (Å²) < 4.78 is 32.2. The largest absolute Gasteiger partial charge is 0.475 e. The Balaban J connectivity index is 2.64. The number of benzene rings is 1. The SMILES string of the molecule is CC(C)c1nc(-c2c(F)cccc2F)oc1C(=O)O. The van der Waals surface area contributed by atoms with Crippen molar-refractivity contribution in [3.8, 4) is 11.5 Å². The van der Waals surface area contributed by atoms with E-state index in [1.807, 2.05) is 0 Å². The molecule has 1 aromatic carbocycles. The van der Waals surface area contributed by atoms with E-state index >= 15 is 0 Å². The lowest BCUT2D eigenvalue weighted by Gasteiger charge is -1.99. The van der Waals surface area contributed by atoms with E-state index in [1.54, 1.807) is 13.8 Å². The molecule has 0 aliphatic rings. The molecule has 0 fully saturated rings. The molecule has 1 N–H and O–H groups in total. The standard InChI is InChI=1S/C13H11F2NO3/c1-6(2)10-11(13(17)18)19-12(16-10)9-7(14)4-3-5-8(9)15/h3-6H,1-2H3,(H,17,18). The summed E-state index contributed by atoms with van der Waals surface area (Å²) in [6.07, 6.45) is 0. The van der Waals surface area contributed by atoms with Crippen molar-refractivity contribution >= 4 is 5.97 Å². The van der Waals surface area contributed by atoms with Gasteiger partial charge >= 0.3 is 5.97 Å². The average molecular weight is 267 g/mol. The zero-order valence-electron chi connectivity index (χ0n) is 10.3. The zero-order chi connectivity index (χ0) is 14.2. The zero-order valence-corrected chi connectivity index (χ0v) is 10.3. The number of oxazole rings is 1. The molecular formula is C13H11F2NO3. The second-order valence-corrected chi connectivity index (χ2v) is 4.29. The highest BCUT2D eigenvalue weighted by molar-refractivity contribution is 5.86. The third-order valence-electron chi connectivity index (χ3n) is 2.57. The van der Waals surface area contributed by atoms with Crippen LogP contribution in [0, 0.1) is 11.6 Å². The Morgan fingerprint density at radius 1 is 1.32 bits per heavy atom. The molecule has 2 aromatic rings. The number of aromatic carboxylic acids is 1. The molecule has 0 bridgehead atoms. The molecule has 1 aromatic heterocycles. The Hall–Kier alpha value is -2.24. The van der Waals surface area contributed by atoms with Crippen LogP contribution in [0.2, 0.25) is 0 Å². The fourth-order valence-corrected chi connectivity index (χ4v) is 1.69. The smallest absolute Gasteiger partial charge is 0.373 e. The molecule has 19 heavy (non-hydrogen) atoms. The van der Waals surface area contributed by atoms with E-state index in [0.29, 0.717) is 0 Å². The topological polar surface area (TPSA) is 63.3 Å². The van der Waals surface area contributed by atoms with Crippen molar-refractivity contribution in [3.63, 3.8) is 0 Å². The monoisotopic (exact) mass is 267 g/mol. The van der Waals surface area contributed by atoms with Gasteiger partial charge in [0.2, 0.25) is 11.7 Å². The van der Waals surface area contributed by atoms with Crippen LogP contribution in [0.15, 0.2) is 22.6 Å². The molecule has 0 spiro atoms. The maximum absolute atomic E-state index is 13.6. The quantitative estimate of drug-likeness (QED) is 0.925. The molecule has 4 nitrogen and oxygen atoms in total. The van der Waals surface area contributed by atoms with Crippen molar-refractivity contribution < 1.29 is 23.1 Å². The summed E-state index contributed by atoms with van der Waals surface area (Å²) in [6, 6.07) is 3.31. The van der Waals surface area contributed by atoms with Crippen LogP contribution in [-0.4, -0.2) is 16.1 Å². The minimum absolute atomic E-state index is 0.158. The minimum Gasteiger partial charge on any atom is -0.475 e. The van der Waals surface area contributed by atoms with E-state index in [9.17, 15) is 13.6 Å². The molecule has 1 heterocycles. The van der Waals surface area contributed by atoms with Crippen LogP contribution in [0.25, 0.3) is 11.5 Å². The Morgan fingerprint density at radius 2 is 1.89 bits per heavy atom. The van der Waals surface area contributed by atoms with Gasteiger partial charge in [0.1, 0.15) is 17.2 Å². The molecule has 0 amide bonds.